The number of methoxy groups -OCH3 is 1. The van der Waals surface area contributed by atoms with Crippen LogP contribution in [0.25, 0.3) is 22.2 Å². The minimum absolute atomic E-state index is 0.00106. The molecule has 0 unspecified atom stereocenters. The van der Waals surface area contributed by atoms with Crippen molar-refractivity contribution in [2.75, 3.05) is 24.9 Å². The second-order valence-corrected chi connectivity index (χ2v) is 10.6. The molecule has 230 valence electrons. The first-order valence-corrected chi connectivity index (χ1v) is 15.1. The molecule has 0 saturated heterocycles. The highest BCUT2D eigenvalue weighted by atomic mass is 35.5. The van der Waals surface area contributed by atoms with Gasteiger partial charge < -0.3 is 25.2 Å². The molecule has 3 N–H and O–H groups in total. The Hall–Kier alpha value is -5.15. The van der Waals surface area contributed by atoms with E-state index in [-0.39, 0.29) is 17.2 Å². The Kier molecular flexibility index (Phi) is 10.4. The van der Waals surface area contributed by atoms with Gasteiger partial charge in [0.15, 0.2) is 5.75 Å². The number of halogens is 1. The third kappa shape index (κ3) is 7.87. The number of hydrogen-bond acceptors (Lipinski definition) is 7. The van der Waals surface area contributed by atoms with Gasteiger partial charge in [-0.1, -0.05) is 60.7 Å². The smallest absolute Gasteiger partial charge is 0.339 e. The van der Waals surface area contributed by atoms with E-state index in [0.717, 1.165) is 47.6 Å². The molecule has 1 amide bonds. The number of carbonyl (C=O) groups excluding carboxylic acids is 1. The summed E-state index contributed by atoms with van der Waals surface area (Å²) in [6.07, 6.45) is 3.96. The quantitative estimate of drug-likeness (QED) is 0.149. The van der Waals surface area contributed by atoms with Gasteiger partial charge in [-0.3, -0.25) is 9.78 Å². The number of carboxylic acid groups (broad SMARTS) is 1. The lowest BCUT2D eigenvalue weighted by Gasteiger charge is -2.21. The van der Waals surface area contributed by atoms with Crippen LogP contribution in [0.1, 0.15) is 34.3 Å². The number of nitrogens with one attached hydrogen (secondary N) is 2. The fourth-order valence-electron chi connectivity index (χ4n) is 4.91. The van der Waals surface area contributed by atoms with Crippen molar-refractivity contribution in [3.8, 4) is 28.5 Å². The lowest BCUT2D eigenvalue weighted by atomic mass is 10.0. The zero-order valence-corrected chi connectivity index (χ0v) is 25.5. The van der Waals surface area contributed by atoms with Gasteiger partial charge in [0.25, 0.3) is 0 Å². The zero-order chi connectivity index (χ0) is 31.6. The number of pyridine rings is 2. The summed E-state index contributed by atoms with van der Waals surface area (Å²) in [5.74, 6) is 1.53. The standard InChI is InChI=1S/C25H21N3O4.C10H12ClNO/c1-31-21-14-19-17(13-18(21)25(29)30)20(9-11-26-19)32-22-12-16-8-5-10-27-24(16)28-23(22)15-6-3-2-4-7-15;11-7-6-10(13)12-8-9-4-2-1-3-5-9/h2-4,6-7,9,11-14H,5,8,10H2,1H3,(H,27,28)(H,29,30);1-5H,6-8H2,(H,12,13). The molecule has 9 nitrogen and oxygen atoms in total. The van der Waals surface area contributed by atoms with E-state index in [1.165, 1.54) is 13.2 Å². The summed E-state index contributed by atoms with van der Waals surface area (Å²) in [5.41, 5.74) is 4.48. The molecule has 6 rings (SSSR count). The highest BCUT2D eigenvalue weighted by Crippen LogP contribution is 2.39. The average Bonchev–Trinajstić information content (AvgIpc) is 3.08. The predicted molar refractivity (Wildman–Crippen MR) is 175 cm³/mol. The van der Waals surface area contributed by atoms with Crippen molar-refractivity contribution in [2.45, 2.75) is 25.8 Å². The number of amides is 1. The van der Waals surface area contributed by atoms with Crippen LogP contribution < -0.4 is 20.1 Å². The molecule has 3 aromatic carbocycles. The Morgan fingerprint density at radius 1 is 0.978 bits per heavy atom. The number of nitrogens with zero attached hydrogens (tertiary/aromatic N) is 2. The SMILES string of the molecule is COc1cc2nccc(Oc3cc4c(nc3-c3ccccc3)NCCC4)c2cc1C(=O)O.O=C(CCCl)NCc1ccccc1. The minimum Gasteiger partial charge on any atom is -0.496 e. The molecule has 2 aromatic heterocycles. The van der Waals surface area contributed by atoms with Crippen LogP contribution in [0.3, 0.4) is 0 Å². The van der Waals surface area contributed by atoms with Crippen LogP contribution in [0.5, 0.6) is 17.2 Å². The average molecular weight is 625 g/mol. The third-order valence-corrected chi connectivity index (χ3v) is 7.35. The summed E-state index contributed by atoms with van der Waals surface area (Å²) in [4.78, 5) is 32.0. The van der Waals surface area contributed by atoms with Crippen LogP contribution >= 0.6 is 11.6 Å². The van der Waals surface area contributed by atoms with Gasteiger partial charge in [0, 0.05) is 48.6 Å². The van der Waals surface area contributed by atoms with Crippen molar-refractivity contribution in [1.29, 1.82) is 0 Å². The maximum atomic E-state index is 11.7. The molecule has 5 aromatic rings. The Morgan fingerprint density at radius 2 is 1.73 bits per heavy atom. The van der Waals surface area contributed by atoms with Crippen molar-refractivity contribution < 1.29 is 24.2 Å². The van der Waals surface area contributed by atoms with Crippen molar-refractivity contribution in [1.82, 2.24) is 15.3 Å². The summed E-state index contributed by atoms with van der Waals surface area (Å²) in [6, 6.07) is 26.5. The van der Waals surface area contributed by atoms with E-state index in [1.54, 1.807) is 18.3 Å². The van der Waals surface area contributed by atoms with E-state index >= 15 is 0 Å². The van der Waals surface area contributed by atoms with Crippen molar-refractivity contribution in [2.24, 2.45) is 0 Å². The minimum atomic E-state index is -1.08. The van der Waals surface area contributed by atoms with E-state index in [0.29, 0.717) is 41.2 Å². The number of aromatic nitrogens is 2. The van der Waals surface area contributed by atoms with Crippen LogP contribution in [-0.2, 0) is 17.8 Å². The maximum Gasteiger partial charge on any atom is 0.339 e. The van der Waals surface area contributed by atoms with Gasteiger partial charge in [0.2, 0.25) is 5.91 Å². The van der Waals surface area contributed by atoms with E-state index in [4.69, 9.17) is 26.1 Å². The Morgan fingerprint density at radius 3 is 2.44 bits per heavy atom. The van der Waals surface area contributed by atoms with Gasteiger partial charge >= 0.3 is 5.97 Å². The molecule has 10 heteroatoms. The number of aromatic carboxylic acids is 1. The van der Waals surface area contributed by atoms with Crippen LogP contribution in [0, 0.1) is 0 Å². The first-order chi connectivity index (χ1) is 22.0. The fraction of sp³-hybridized carbons (Fsp3) is 0.200. The van der Waals surface area contributed by atoms with Gasteiger partial charge in [-0.2, -0.15) is 0 Å². The number of anilines is 1. The number of hydrogen-bond donors (Lipinski definition) is 3. The lowest BCUT2D eigenvalue weighted by Crippen LogP contribution is -2.22. The molecule has 45 heavy (non-hydrogen) atoms. The van der Waals surface area contributed by atoms with Crippen LogP contribution in [0.4, 0.5) is 5.82 Å². The molecule has 0 aliphatic carbocycles. The second-order valence-electron chi connectivity index (χ2n) is 10.2. The molecular formula is C35H33ClN4O5. The van der Waals surface area contributed by atoms with Gasteiger partial charge in [-0.05, 0) is 42.2 Å². The normalized spacial score (nSPS) is 11.8. The van der Waals surface area contributed by atoms with Crippen molar-refractivity contribution in [3.63, 3.8) is 0 Å². The van der Waals surface area contributed by atoms with Gasteiger partial charge in [-0.15, -0.1) is 11.6 Å². The van der Waals surface area contributed by atoms with E-state index in [1.807, 2.05) is 66.7 Å². The zero-order valence-electron chi connectivity index (χ0n) is 24.8. The van der Waals surface area contributed by atoms with E-state index in [2.05, 4.69) is 15.6 Å². The first kappa shape index (κ1) is 31.3. The largest absolute Gasteiger partial charge is 0.496 e. The highest BCUT2D eigenvalue weighted by Gasteiger charge is 2.20. The Labute approximate surface area is 266 Å². The highest BCUT2D eigenvalue weighted by molar-refractivity contribution is 6.18. The molecule has 0 spiro atoms. The number of alkyl halides is 1. The number of fused-ring (bicyclic) bond motifs is 2. The number of ether oxygens (including phenoxy) is 2. The summed E-state index contributed by atoms with van der Waals surface area (Å²) >= 11 is 5.42. The monoisotopic (exact) mass is 624 g/mol. The predicted octanol–water partition coefficient (Wildman–Crippen LogP) is 7.09. The van der Waals surface area contributed by atoms with E-state index < -0.39 is 5.97 Å². The Balaban J connectivity index is 0.000000259. The fourth-order valence-corrected chi connectivity index (χ4v) is 5.08. The van der Waals surface area contributed by atoms with E-state index in [9.17, 15) is 14.7 Å². The third-order valence-electron chi connectivity index (χ3n) is 7.16. The molecule has 0 bridgehead atoms. The molecule has 0 fully saturated rings. The maximum absolute atomic E-state index is 11.7. The van der Waals surface area contributed by atoms with Crippen molar-refractivity contribution >= 4 is 40.2 Å². The molecule has 1 aliphatic heterocycles. The summed E-state index contributed by atoms with van der Waals surface area (Å²) < 4.78 is 11.6. The van der Waals surface area contributed by atoms with Gasteiger partial charge in [-0.25, -0.2) is 9.78 Å². The molecule has 3 heterocycles. The first-order valence-electron chi connectivity index (χ1n) is 14.5. The van der Waals surface area contributed by atoms with Gasteiger partial charge in [0.1, 0.15) is 28.6 Å². The molecular weight excluding hydrogens is 592 g/mol. The number of carbonyl (C=O) groups is 2. The van der Waals surface area contributed by atoms with Crippen molar-refractivity contribution in [3.05, 3.63) is 108 Å². The molecule has 1 aliphatic rings. The van der Waals surface area contributed by atoms with Crippen LogP contribution in [0.15, 0.2) is 91.1 Å². The number of benzene rings is 3. The van der Waals surface area contributed by atoms with Gasteiger partial charge in [0.05, 0.1) is 12.6 Å². The molecule has 0 atom stereocenters. The number of aryl methyl sites for hydroxylation is 1. The summed E-state index contributed by atoms with van der Waals surface area (Å²) in [7, 11) is 1.44. The topological polar surface area (TPSA) is 123 Å². The number of carboxylic acids is 1. The second kappa shape index (κ2) is 15.0. The number of rotatable bonds is 9. The molecule has 0 saturated carbocycles. The summed E-state index contributed by atoms with van der Waals surface area (Å²) in [5, 5.41) is 16.3. The lowest BCUT2D eigenvalue weighted by molar-refractivity contribution is -0.120. The van der Waals surface area contributed by atoms with Crippen LogP contribution in [-0.4, -0.2) is 46.5 Å². The Bertz CT molecular complexity index is 1780. The molecule has 0 radical (unpaired) electrons. The summed E-state index contributed by atoms with van der Waals surface area (Å²) in [6.45, 7) is 1.47. The van der Waals surface area contributed by atoms with Crippen LogP contribution in [0.2, 0.25) is 0 Å².